The van der Waals surface area contributed by atoms with Crippen molar-refractivity contribution in [3.63, 3.8) is 0 Å². The zero-order valence-corrected chi connectivity index (χ0v) is 4.48. The second-order valence-electron chi connectivity index (χ2n) is 1.89. The van der Waals surface area contributed by atoms with Gasteiger partial charge in [-0.25, -0.2) is 0 Å². The Kier molecular flexibility index (Phi) is 1.30. The van der Waals surface area contributed by atoms with Crippen LogP contribution in [-0.4, -0.2) is 0 Å². The summed E-state index contributed by atoms with van der Waals surface area (Å²) in [5, 5.41) is 0. The highest BCUT2D eigenvalue weighted by atomic mass is 14.1. The van der Waals surface area contributed by atoms with Crippen molar-refractivity contribution in [1.29, 1.82) is 0 Å². The molecule has 7 heavy (non-hydrogen) atoms. The van der Waals surface area contributed by atoms with Crippen LogP contribution in [0.25, 0.3) is 0 Å². The summed E-state index contributed by atoms with van der Waals surface area (Å²) in [4.78, 5) is 0. The Labute approximate surface area is 44.5 Å². The molecule has 0 N–H and O–H groups in total. The highest BCUT2D eigenvalue weighted by Gasteiger charge is 2.07. The van der Waals surface area contributed by atoms with Gasteiger partial charge < -0.3 is 0 Å². The standard InChI is InChI=1S/C7H10/c1-2-3-4-7-5-6-7/h2,4H,1,3,5-6H2. The van der Waals surface area contributed by atoms with Gasteiger partial charge in [0.1, 0.15) is 0 Å². The van der Waals surface area contributed by atoms with Crippen molar-refractivity contribution in [3.05, 3.63) is 24.3 Å². The third-order valence-corrected chi connectivity index (χ3v) is 1.11. The fourth-order valence-corrected chi connectivity index (χ4v) is 0.526. The van der Waals surface area contributed by atoms with Gasteiger partial charge in [-0.1, -0.05) is 17.7 Å². The first kappa shape index (κ1) is 4.63. The normalized spacial score (nSPS) is 16.3. The van der Waals surface area contributed by atoms with Crippen molar-refractivity contribution < 1.29 is 0 Å². The lowest BCUT2D eigenvalue weighted by atomic mass is 10.4. The molecule has 1 saturated carbocycles. The fourth-order valence-electron chi connectivity index (χ4n) is 0.526. The van der Waals surface area contributed by atoms with Crippen LogP contribution >= 0.6 is 0 Å². The Hall–Kier alpha value is -0.520. The average molecular weight is 94.2 g/mol. The summed E-state index contributed by atoms with van der Waals surface area (Å²) in [6, 6.07) is 0. The lowest BCUT2D eigenvalue weighted by molar-refractivity contribution is 1.39. The summed E-state index contributed by atoms with van der Waals surface area (Å²) >= 11 is 0. The van der Waals surface area contributed by atoms with Crippen LogP contribution in [0.5, 0.6) is 0 Å². The zero-order valence-electron chi connectivity index (χ0n) is 4.48. The maximum Gasteiger partial charge on any atom is -0.0169 e. The zero-order chi connectivity index (χ0) is 5.11. The van der Waals surface area contributed by atoms with Gasteiger partial charge >= 0.3 is 0 Å². The van der Waals surface area contributed by atoms with E-state index in [1.807, 2.05) is 6.08 Å². The van der Waals surface area contributed by atoms with E-state index in [2.05, 4.69) is 12.7 Å². The summed E-state index contributed by atoms with van der Waals surface area (Å²) in [7, 11) is 0. The molecule has 0 aromatic rings. The maximum atomic E-state index is 3.62. The van der Waals surface area contributed by atoms with Crippen molar-refractivity contribution in [3.8, 4) is 0 Å². The van der Waals surface area contributed by atoms with E-state index in [0.29, 0.717) is 0 Å². The van der Waals surface area contributed by atoms with Crippen LogP contribution in [0.2, 0.25) is 0 Å². The van der Waals surface area contributed by atoms with Crippen molar-refractivity contribution in [2.75, 3.05) is 0 Å². The largest absolute Gasteiger partial charge is 0.103 e. The molecule has 0 heterocycles. The second-order valence-corrected chi connectivity index (χ2v) is 1.89. The summed E-state index contributed by atoms with van der Waals surface area (Å²) in [5.41, 5.74) is 1.61. The van der Waals surface area contributed by atoms with Gasteiger partial charge in [-0.15, -0.1) is 6.58 Å². The quantitative estimate of drug-likeness (QED) is 0.460. The van der Waals surface area contributed by atoms with Crippen LogP contribution in [-0.2, 0) is 0 Å². The van der Waals surface area contributed by atoms with Gasteiger partial charge in [0.2, 0.25) is 0 Å². The van der Waals surface area contributed by atoms with E-state index in [9.17, 15) is 0 Å². The topological polar surface area (TPSA) is 0 Å². The van der Waals surface area contributed by atoms with Crippen LogP contribution in [0.1, 0.15) is 19.3 Å². The highest BCUT2D eigenvalue weighted by Crippen LogP contribution is 2.27. The Morgan fingerprint density at radius 2 is 2.29 bits per heavy atom. The SMILES string of the molecule is C=CCC=C1CC1. The molecule has 0 aliphatic heterocycles. The molecule has 0 nitrogen and oxygen atoms in total. The van der Waals surface area contributed by atoms with Crippen molar-refractivity contribution in [1.82, 2.24) is 0 Å². The van der Waals surface area contributed by atoms with E-state index in [1.54, 1.807) is 5.57 Å². The lowest BCUT2D eigenvalue weighted by Crippen LogP contribution is -1.50. The molecule has 1 rings (SSSR count). The van der Waals surface area contributed by atoms with Crippen LogP contribution in [0.3, 0.4) is 0 Å². The molecule has 1 aliphatic rings. The minimum atomic E-state index is 1.06. The van der Waals surface area contributed by atoms with Gasteiger partial charge in [0.05, 0.1) is 0 Å². The molecule has 0 unspecified atom stereocenters. The predicted molar refractivity (Wildman–Crippen MR) is 32.1 cm³/mol. The van der Waals surface area contributed by atoms with Crippen molar-refractivity contribution in [2.45, 2.75) is 19.3 Å². The minimum Gasteiger partial charge on any atom is -0.103 e. The van der Waals surface area contributed by atoms with E-state index >= 15 is 0 Å². The summed E-state index contributed by atoms with van der Waals surface area (Å²) in [6.07, 6.45) is 7.94. The minimum absolute atomic E-state index is 1.06. The molecule has 38 valence electrons. The predicted octanol–water partition coefficient (Wildman–Crippen LogP) is 2.28. The molecule has 0 heteroatoms. The van der Waals surface area contributed by atoms with E-state index in [-0.39, 0.29) is 0 Å². The Balaban J connectivity index is 2.18. The molecule has 0 amide bonds. The molecular formula is C7H10. The molecular weight excluding hydrogens is 84.1 g/mol. The van der Waals surface area contributed by atoms with Crippen molar-refractivity contribution >= 4 is 0 Å². The molecule has 0 atom stereocenters. The Morgan fingerprint density at radius 3 is 2.71 bits per heavy atom. The third-order valence-electron chi connectivity index (χ3n) is 1.11. The molecule has 0 spiro atoms. The van der Waals surface area contributed by atoms with E-state index in [1.165, 1.54) is 12.8 Å². The van der Waals surface area contributed by atoms with Gasteiger partial charge in [-0.05, 0) is 19.3 Å². The molecule has 0 radical (unpaired) electrons. The number of hydrogen-bond donors (Lipinski definition) is 0. The van der Waals surface area contributed by atoms with Crippen LogP contribution in [0.15, 0.2) is 24.3 Å². The number of allylic oxidation sites excluding steroid dienone is 3. The summed E-state index contributed by atoms with van der Waals surface area (Å²) in [6.45, 7) is 3.62. The van der Waals surface area contributed by atoms with Gasteiger partial charge in [-0.2, -0.15) is 0 Å². The van der Waals surface area contributed by atoms with Crippen LogP contribution in [0, 0.1) is 0 Å². The van der Waals surface area contributed by atoms with Gasteiger partial charge in [0.15, 0.2) is 0 Å². The smallest absolute Gasteiger partial charge is 0.0169 e. The molecule has 0 bridgehead atoms. The Morgan fingerprint density at radius 1 is 1.57 bits per heavy atom. The van der Waals surface area contributed by atoms with Crippen molar-refractivity contribution in [2.24, 2.45) is 0 Å². The first-order chi connectivity index (χ1) is 3.43. The molecule has 1 aliphatic carbocycles. The fraction of sp³-hybridized carbons (Fsp3) is 0.429. The monoisotopic (exact) mass is 94.1 g/mol. The average Bonchev–Trinajstić information content (AvgIpc) is 2.42. The molecule has 1 fully saturated rings. The second kappa shape index (κ2) is 1.97. The van der Waals surface area contributed by atoms with E-state index in [0.717, 1.165) is 6.42 Å². The van der Waals surface area contributed by atoms with Gasteiger partial charge in [0, 0.05) is 0 Å². The summed E-state index contributed by atoms with van der Waals surface area (Å²) < 4.78 is 0. The van der Waals surface area contributed by atoms with E-state index in [4.69, 9.17) is 0 Å². The third kappa shape index (κ3) is 1.58. The molecule has 0 aromatic carbocycles. The summed E-state index contributed by atoms with van der Waals surface area (Å²) in [5.74, 6) is 0. The number of rotatable bonds is 2. The van der Waals surface area contributed by atoms with Crippen LogP contribution in [0.4, 0.5) is 0 Å². The van der Waals surface area contributed by atoms with Gasteiger partial charge in [0.25, 0.3) is 0 Å². The number of hydrogen-bond acceptors (Lipinski definition) is 0. The highest BCUT2D eigenvalue weighted by molar-refractivity contribution is 5.16. The maximum absolute atomic E-state index is 3.62. The Bertz CT molecular complexity index is 92.6. The van der Waals surface area contributed by atoms with Crippen LogP contribution < -0.4 is 0 Å². The molecule has 0 aromatic heterocycles. The molecule has 0 saturated heterocycles. The van der Waals surface area contributed by atoms with Gasteiger partial charge in [-0.3, -0.25) is 0 Å². The first-order valence-electron chi connectivity index (χ1n) is 2.72. The lowest BCUT2D eigenvalue weighted by Gasteiger charge is -1.71. The van der Waals surface area contributed by atoms with E-state index < -0.39 is 0 Å². The first-order valence-corrected chi connectivity index (χ1v) is 2.72.